The Bertz CT molecular complexity index is 770. The number of ether oxygens (including phenoxy) is 2. The highest BCUT2D eigenvalue weighted by atomic mass is 16.5. The fourth-order valence-electron chi connectivity index (χ4n) is 3.06. The molecule has 3 rings (SSSR count). The first-order valence-electron chi connectivity index (χ1n) is 8.40. The van der Waals surface area contributed by atoms with Crippen LogP contribution in [0.5, 0.6) is 5.75 Å². The van der Waals surface area contributed by atoms with Crippen molar-refractivity contribution >= 4 is 17.6 Å². The number of fused-ring (bicyclic) bond motifs is 1. The van der Waals surface area contributed by atoms with Crippen molar-refractivity contribution in [3.8, 4) is 5.75 Å². The van der Waals surface area contributed by atoms with Gasteiger partial charge in [0, 0.05) is 11.7 Å². The summed E-state index contributed by atoms with van der Waals surface area (Å²) in [5.41, 5.74) is 2.60. The van der Waals surface area contributed by atoms with E-state index in [2.05, 4.69) is 0 Å². The summed E-state index contributed by atoms with van der Waals surface area (Å²) < 4.78 is 10.5. The molecular weight excluding hydrogens is 318 g/mol. The Kier molecular flexibility index (Phi) is 5.03. The van der Waals surface area contributed by atoms with Gasteiger partial charge in [-0.15, -0.1) is 0 Å². The Morgan fingerprint density at radius 1 is 1.12 bits per heavy atom. The van der Waals surface area contributed by atoms with Crippen LogP contribution < -0.4 is 9.64 Å². The lowest BCUT2D eigenvalue weighted by molar-refractivity contribution is -0.120. The Morgan fingerprint density at radius 3 is 2.56 bits per heavy atom. The second kappa shape index (κ2) is 7.38. The zero-order chi connectivity index (χ0) is 17.8. The highest BCUT2D eigenvalue weighted by Gasteiger charge is 2.30. The predicted octanol–water partition coefficient (Wildman–Crippen LogP) is 3.22. The number of hydrogen-bond donors (Lipinski definition) is 0. The van der Waals surface area contributed by atoms with Crippen LogP contribution in [0.3, 0.4) is 0 Å². The minimum atomic E-state index is -0.368. The average Bonchev–Trinajstić information content (AvgIpc) is 2.96. The van der Waals surface area contributed by atoms with Gasteiger partial charge in [0.15, 0.2) is 6.61 Å². The maximum atomic E-state index is 12.6. The van der Waals surface area contributed by atoms with Crippen molar-refractivity contribution < 1.29 is 19.1 Å². The SMILES string of the molecule is CCOC(=O)c1ccc(OCC(=O)N2c3ccccc3C[C@H]2C)cc1. The molecule has 1 aliphatic heterocycles. The van der Waals surface area contributed by atoms with Gasteiger partial charge in [0.2, 0.25) is 0 Å². The number of hydrogen-bond acceptors (Lipinski definition) is 4. The van der Waals surface area contributed by atoms with E-state index in [1.54, 1.807) is 36.1 Å². The van der Waals surface area contributed by atoms with Crippen molar-refractivity contribution in [1.82, 2.24) is 0 Å². The number of rotatable bonds is 5. The van der Waals surface area contributed by atoms with E-state index < -0.39 is 0 Å². The maximum Gasteiger partial charge on any atom is 0.338 e. The fraction of sp³-hybridized carbons (Fsp3) is 0.300. The van der Waals surface area contributed by atoms with Crippen LogP contribution in [0.1, 0.15) is 29.8 Å². The number of carbonyl (C=O) groups excluding carboxylic acids is 2. The second-order valence-electron chi connectivity index (χ2n) is 5.98. The number of anilines is 1. The number of para-hydroxylation sites is 1. The van der Waals surface area contributed by atoms with Crippen LogP contribution in [0.2, 0.25) is 0 Å². The molecular formula is C20H21NO4. The van der Waals surface area contributed by atoms with Crippen LogP contribution in [-0.4, -0.2) is 31.1 Å². The molecule has 0 aliphatic carbocycles. The molecule has 2 aromatic carbocycles. The Balaban J connectivity index is 1.62. The van der Waals surface area contributed by atoms with Gasteiger partial charge in [-0.05, 0) is 56.2 Å². The molecule has 0 N–H and O–H groups in total. The lowest BCUT2D eigenvalue weighted by atomic mass is 10.1. The topological polar surface area (TPSA) is 55.8 Å². The summed E-state index contributed by atoms with van der Waals surface area (Å²) in [5, 5.41) is 0. The van der Waals surface area contributed by atoms with Crippen molar-refractivity contribution in [3.63, 3.8) is 0 Å². The van der Waals surface area contributed by atoms with E-state index in [0.29, 0.717) is 17.9 Å². The van der Waals surface area contributed by atoms with Crippen LogP contribution in [0.4, 0.5) is 5.69 Å². The van der Waals surface area contributed by atoms with Gasteiger partial charge in [-0.1, -0.05) is 18.2 Å². The normalized spacial score (nSPS) is 15.6. The Hall–Kier alpha value is -2.82. The molecule has 1 heterocycles. The largest absolute Gasteiger partial charge is 0.484 e. The number of amides is 1. The van der Waals surface area contributed by atoms with Crippen LogP contribution in [0.25, 0.3) is 0 Å². The molecule has 0 saturated heterocycles. The minimum Gasteiger partial charge on any atom is -0.484 e. The minimum absolute atomic E-state index is 0.0442. The number of nitrogens with zero attached hydrogens (tertiary/aromatic N) is 1. The van der Waals surface area contributed by atoms with Crippen molar-refractivity contribution in [2.24, 2.45) is 0 Å². The molecule has 0 spiro atoms. The van der Waals surface area contributed by atoms with Crippen LogP contribution in [0.15, 0.2) is 48.5 Å². The van der Waals surface area contributed by atoms with E-state index in [4.69, 9.17) is 9.47 Å². The van der Waals surface area contributed by atoms with Crippen molar-refractivity contribution in [2.75, 3.05) is 18.1 Å². The molecule has 1 atom stereocenters. The first-order valence-corrected chi connectivity index (χ1v) is 8.40. The van der Waals surface area contributed by atoms with E-state index in [1.807, 2.05) is 31.2 Å². The van der Waals surface area contributed by atoms with Gasteiger partial charge < -0.3 is 14.4 Å². The quantitative estimate of drug-likeness (QED) is 0.785. The number of benzene rings is 2. The van der Waals surface area contributed by atoms with Gasteiger partial charge in [0.05, 0.1) is 12.2 Å². The van der Waals surface area contributed by atoms with E-state index in [1.165, 1.54) is 5.56 Å². The summed E-state index contributed by atoms with van der Waals surface area (Å²) in [6.07, 6.45) is 0.857. The second-order valence-corrected chi connectivity index (χ2v) is 5.98. The molecule has 0 fully saturated rings. The molecule has 1 amide bonds. The van der Waals surface area contributed by atoms with Crippen molar-refractivity contribution in [3.05, 3.63) is 59.7 Å². The lowest BCUT2D eigenvalue weighted by Crippen LogP contribution is -2.39. The first-order chi connectivity index (χ1) is 12.1. The Morgan fingerprint density at radius 2 is 1.84 bits per heavy atom. The van der Waals surface area contributed by atoms with Gasteiger partial charge in [-0.3, -0.25) is 4.79 Å². The lowest BCUT2D eigenvalue weighted by Gasteiger charge is -2.22. The monoisotopic (exact) mass is 339 g/mol. The van der Waals surface area contributed by atoms with Crippen molar-refractivity contribution in [1.29, 1.82) is 0 Å². The van der Waals surface area contributed by atoms with Gasteiger partial charge in [-0.25, -0.2) is 4.79 Å². The third-order valence-electron chi connectivity index (χ3n) is 4.20. The summed E-state index contributed by atoms with van der Waals surface area (Å²) in [4.78, 5) is 26.0. The molecule has 0 radical (unpaired) electrons. The van der Waals surface area contributed by atoms with E-state index in [-0.39, 0.29) is 24.5 Å². The molecule has 2 aromatic rings. The fourth-order valence-corrected chi connectivity index (χ4v) is 3.06. The molecule has 130 valence electrons. The summed E-state index contributed by atoms with van der Waals surface area (Å²) in [6.45, 7) is 4.09. The summed E-state index contributed by atoms with van der Waals surface area (Å²) in [5.74, 6) is 0.0982. The maximum absolute atomic E-state index is 12.6. The summed E-state index contributed by atoms with van der Waals surface area (Å²) in [6, 6.07) is 14.7. The zero-order valence-electron chi connectivity index (χ0n) is 14.4. The molecule has 0 saturated carbocycles. The van der Waals surface area contributed by atoms with Gasteiger partial charge in [0.1, 0.15) is 5.75 Å². The molecule has 0 bridgehead atoms. The van der Waals surface area contributed by atoms with Crippen LogP contribution >= 0.6 is 0 Å². The zero-order valence-corrected chi connectivity index (χ0v) is 14.4. The molecule has 5 heteroatoms. The van der Waals surface area contributed by atoms with Gasteiger partial charge in [0.25, 0.3) is 5.91 Å². The van der Waals surface area contributed by atoms with Crippen LogP contribution in [-0.2, 0) is 16.0 Å². The van der Waals surface area contributed by atoms with E-state index in [0.717, 1.165) is 12.1 Å². The van der Waals surface area contributed by atoms with Gasteiger partial charge >= 0.3 is 5.97 Å². The third kappa shape index (κ3) is 3.65. The van der Waals surface area contributed by atoms with Crippen molar-refractivity contribution in [2.45, 2.75) is 26.3 Å². The smallest absolute Gasteiger partial charge is 0.338 e. The molecule has 1 aliphatic rings. The molecule has 25 heavy (non-hydrogen) atoms. The number of esters is 1. The highest BCUT2D eigenvalue weighted by molar-refractivity contribution is 5.97. The summed E-state index contributed by atoms with van der Waals surface area (Å²) in [7, 11) is 0. The first kappa shape index (κ1) is 17.0. The van der Waals surface area contributed by atoms with E-state index >= 15 is 0 Å². The Labute approximate surface area is 147 Å². The molecule has 0 unspecified atom stereocenters. The average molecular weight is 339 g/mol. The summed E-state index contributed by atoms with van der Waals surface area (Å²) >= 11 is 0. The van der Waals surface area contributed by atoms with Gasteiger partial charge in [-0.2, -0.15) is 0 Å². The highest BCUT2D eigenvalue weighted by Crippen LogP contribution is 2.31. The number of carbonyl (C=O) groups is 2. The van der Waals surface area contributed by atoms with E-state index in [9.17, 15) is 9.59 Å². The third-order valence-corrected chi connectivity index (χ3v) is 4.20. The molecule has 5 nitrogen and oxygen atoms in total. The van der Waals surface area contributed by atoms with Crippen LogP contribution in [0, 0.1) is 0 Å². The predicted molar refractivity (Wildman–Crippen MR) is 95.0 cm³/mol. The molecule has 0 aromatic heterocycles. The standard InChI is InChI=1S/C20H21NO4/c1-3-24-20(23)15-8-10-17(11-9-15)25-13-19(22)21-14(2)12-16-6-4-5-7-18(16)21/h4-11,14H,3,12-13H2,1-2H3/t14-/m1/s1.